The van der Waals surface area contributed by atoms with Crippen LogP contribution < -0.4 is 26.0 Å². The Morgan fingerprint density at radius 2 is 1.76 bits per heavy atom. The number of alkyl halides is 3. The number of para-hydroxylation sites is 1. The minimum atomic E-state index is -4.80. The van der Waals surface area contributed by atoms with Crippen molar-refractivity contribution in [2.45, 2.75) is 32.0 Å². The first-order valence-electron chi connectivity index (χ1n) is 12.1. The number of hydrogen-bond acceptors (Lipinski definition) is 5. The minimum Gasteiger partial charge on any atom is -0.406 e. The van der Waals surface area contributed by atoms with Crippen LogP contribution in [0, 0.1) is 5.92 Å². The van der Waals surface area contributed by atoms with Crippen LogP contribution in [-0.2, 0) is 4.79 Å². The lowest BCUT2D eigenvalue weighted by molar-refractivity contribution is -0.274. The third-order valence-corrected chi connectivity index (χ3v) is 5.52. The summed E-state index contributed by atoms with van der Waals surface area (Å²) in [5.74, 6) is -0.601. The molecule has 0 radical (unpaired) electrons. The van der Waals surface area contributed by atoms with E-state index in [1.807, 2.05) is 36.4 Å². The summed E-state index contributed by atoms with van der Waals surface area (Å²) in [7, 11) is 0. The second-order valence-electron chi connectivity index (χ2n) is 8.44. The Bertz CT molecular complexity index is 1150. The summed E-state index contributed by atoms with van der Waals surface area (Å²) < 4.78 is 40.8. The number of aliphatic imine (C=N–C) groups is 1. The predicted octanol–water partition coefficient (Wildman–Crippen LogP) is 5.59. The molecule has 1 atom stereocenters. The Morgan fingerprint density at radius 1 is 1.03 bits per heavy atom. The number of unbranched alkanes of at least 4 members (excludes halogenated alkanes) is 1. The van der Waals surface area contributed by atoms with Crippen LogP contribution in [-0.4, -0.2) is 37.1 Å². The summed E-state index contributed by atoms with van der Waals surface area (Å²) in [6.07, 6.45) is 1.69. The number of urea groups is 1. The molecule has 0 aliphatic carbocycles. The van der Waals surface area contributed by atoms with Gasteiger partial charge in [-0.25, -0.2) is 9.79 Å². The molecule has 38 heavy (non-hydrogen) atoms. The van der Waals surface area contributed by atoms with Crippen molar-refractivity contribution in [3.05, 3.63) is 79.1 Å². The quantitative estimate of drug-likeness (QED) is 0.212. The van der Waals surface area contributed by atoms with Crippen LogP contribution >= 0.6 is 0 Å². The number of ether oxygens (including phenoxy) is 1. The third-order valence-electron chi connectivity index (χ3n) is 5.52. The molecule has 202 valence electrons. The molecule has 1 heterocycles. The van der Waals surface area contributed by atoms with Gasteiger partial charge in [0.25, 0.3) is 5.91 Å². The monoisotopic (exact) mass is 529 g/mol. The normalized spacial score (nSPS) is 15.0. The molecule has 0 spiro atoms. The van der Waals surface area contributed by atoms with Crippen LogP contribution in [0.25, 0.3) is 0 Å². The van der Waals surface area contributed by atoms with Crippen molar-refractivity contribution in [2.24, 2.45) is 10.9 Å². The molecule has 1 aliphatic heterocycles. The van der Waals surface area contributed by atoms with E-state index in [0.29, 0.717) is 25.2 Å². The zero-order valence-corrected chi connectivity index (χ0v) is 20.7. The molecule has 11 heteroatoms. The number of halogens is 3. The number of carbonyl (C=O) groups is 2. The summed E-state index contributed by atoms with van der Waals surface area (Å²) in [5, 5.41) is 11.2. The molecule has 0 unspecified atom stereocenters. The highest BCUT2D eigenvalue weighted by Gasteiger charge is 2.31. The van der Waals surface area contributed by atoms with Crippen LogP contribution in [0.5, 0.6) is 5.75 Å². The van der Waals surface area contributed by atoms with E-state index in [9.17, 15) is 22.8 Å². The Balaban J connectivity index is 1.57. The fourth-order valence-electron chi connectivity index (χ4n) is 3.76. The molecule has 2 aromatic carbocycles. The van der Waals surface area contributed by atoms with E-state index in [4.69, 9.17) is 0 Å². The van der Waals surface area contributed by atoms with E-state index in [1.54, 1.807) is 6.08 Å². The molecule has 3 amide bonds. The number of rotatable bonds is 12. The average Bonchev–Trinajstić information content (AvgIpc) is 2.88. The third kappa shape index (κ3) is 9.64. The number of nitrogens with one attached hydrogen (secondary N) is 4. The van der Waals surface area contributed by atoms with Gasteiger partial charge in [-0.2, -0.15) is 0 Å². The van der Waals surface area contributed by atoms with Gasteiger partial charge in [-0.05, 0) is 68.2 Å². The zero-order valence-electron chi connectivity index (χ0n) is 20.7. The molecule has 0 aromatic heterocycles. The van der Waals surface area contributed by atoms with Gasteiger partial charge in [0.1, 0.15) is 17.3 Å². The Kier molecular flexibility index (Phi) is 10.3. The van der Waals surface area contributed by atoms with E-state index >= 15 is 0 Å². The first-order chi connectivity index (χ1) is 18.2. The van der Waals surface area contributed by atoms with Gasteiger partial charge in [0.05, 0.1) is 0 Å². The number of amides is 3. The molecule has 0 fully saturated rings. The van der Waals surface area contributed by atoms with Crippen molar-refractivity contribution in [1.82, 2.24) is 10.6 Å². The largest absolute Gasteiger partial charge is 0.573 e. The minimum absolute atomic E-state index is 0.105. The van der Waals surface area contributed by atoms with E-state index in [2.05, 4.69) is 37.6 Å². The van der Waals surface area contributed by atoms with E-state index in [0.717, 1.165) is 37.1 Å². The highest BCUT2D eigenvalue weighted by Crippen LogP contribution is 2.25. The maximum absolute atomic E-state index is 13.0. The Hall–Kier alpha value is -4.28. The summed E-state index contributed by atoms with van der Waals surface area (Å²) >= 11 is 0. The predicted molar refractivity (Wildman–Crippen MR) is 141 cm³/mol. The molecular formula is C27H30F3N5O3. The lowest BCUT2D eigenvalue weighted by Crippen LogP contribution is -2.40. The van der Waals surface area contributed by atoms with Crippen LogP contribution in [0.4, 0.5) is 29.3 Å². The number of nitrogens with zero attached hydrogens (tertiary/aromatic N) is 1. The average molecular weight is 530 g/mol. The highest BCUT2D eigenvalue weighted by atomic mass is 19.4. The lowest BCUT2D eigenvalue weighted by atomic mass is 9.90. The molecule has 8 nitrogen and oxygen atoms in total. The van der Waals surface area contributed by atoms with Gasteiger partial charge >= 0.3 is 12.4 Å². The number of hydrogen-bond donors (Lipinski definition) is 4. The van der Waals surface area contributed by atoms with Crippen LogP contribution in [0.15, 0.2) is 84.1 Å². The lowest BCUT2D eigenvalue weighted by Gasteiger charge is -2.22. The van der Waals surface area contributed by atoms with Crippen LogP contribution in [0.3, 0.4) is 0 Å². The second-order valence-corrected chi connectivity index (χ2v) is 8.44. The van der Waals surface area contributed by atoms with Crippen molar-refractivity contribution in [3.8, 4) is 5.75 Å². The summed E-state index contributed by atoms with van der Waals surface area (Å²) in [6.45, 7) is 4.64. The van der Waals surface area contributed by atoms with Crippen molar-refractivity contribution < 1.29 is 27.5 Å². The van der Waals surface area contributed by atoms with Crippen molar-refractivity contribution in [3.63, 3.8) is 0 Å². The number of anilines is 2. The molecule has 4 N–H and O–H groups in total. The van der Waals surface area contributed by atoms with E-state index < -0.39 is 18.1 Å². The van der Waals surface area contributed by atoms with Crippen molar-refractivity contribution in [1.29, 1.82) is 0 Å². The Morgan fingerprint density at radius 3 is 2.45 bits per heavy atom. The van der Waals surface area contributed by atoms with Gasteiger partial charge in [0.2, 0.25) is 0 Å². The standard InChI is InChI=1S/C27H30F3N5O3/c1-2-3-5-8-19-11-16-23(34-24(19)25(36)32-18-17-31-20-9-6-4-7-10-20)35-26(37)33-21-12-14-22(15-13-21)38-27(28,29)30/h2,4,6-7,9-10,12-16,19,31H,1,3,5,8,11,17-18H2,(H,32,36)(H2,33,35,37)/t19-/m1/s1. The first-order valence-corrected chi connectivity index (χ1v) is 12.1. The van der Waals surface area contributed by atoms with Crippen LogP contribution in [0.2, 0.25) is 0 Å². The number of allylic oxidation sites excluding steroid dienone is 2. The van der Waals surface area contributed by atoms with Crippen LogP contribution in [0.1, 0.15) is 25.7 Å². The Labute approximate surface area is 219 Å². The summed E-state index contributed by atoms with van der Waals surface area (Å²) in [6, 6.07) is 13.7. The number of carbonyl (C=O) groups excluding carboxylic acids is 2. The molecule has 3 rings (SSSR count). The SMILES string of the molecule is C=CCCC[C@@H]1CC=C(NC(=O)Nc2ccc(OC(F)(F)F)cc2)N=C1C(=O)NCCNc1ccccc1. The number of benzene rings is 2. The maximum Gasteiger partial charge on any atom is 0.573 e. The smallest absolute Gasteiger partial charge is 0.406 e. The van der Waals surface area contributed by atoms with E-state index in [1.165, 1.54) is 12.1 Å². The van der Waals surface area contributed by atoms with Gasteiger partial charge < -0.3 is 20.7 Å². The van der Waals surface area contributed by atoms with Gasteiger partial charge in [0.15, 0.2) is 0 Å². The van der Waals surface area contributed by atoms with Gasteiger partial charge in [-0.15, -0.1) is 19.8 Å². The second kappa shape index (κ2) is 13.9. The topological polar surface area (TPSA) is 104 Å². The van der Waals surface area contributed by atoms with Crippen molar-refractivity contribution in [2.75, 3.05) is 23.7 Å². The fourth-order valence-corrected chi connectivity index (χ4v) is 3.76. The van der Waals surface area contributed by atoms with E-state index in [-0.39, 0.29) is 23.3 Å². The molecule has 0 saturated carbocycles. The maximum atomic E-state index is 13.0. The summed E-state index contributed by atoms with van der Waals surface area (Å²) in [5.41, 5.74) is 1.53. The molecule has 0 bridgehead atoms. The van der Waals surface area contributed by atoms with Crippen molar-refractivity contribution >= 4 is 29.0 Å². The highest BCUT2D eigenvalue weighted by molar-refractivity contribution is 6.40. The molecule has 1 aliphatic rings. The van der Waals surface area contributed by atoms with Gasteiger partial charge in [-0.3, -0.25) is 10.1 Å². The first kappa shape index (κ1) is 28.3. The van der Waals surface area contributed by atoms with Gasteiger partial charge in [0, 0.05) is 30.4 Å². The summed E-state index contributed by atoms with van der Waals surface area (Å²) in [4.78, 5) is 29.8. The molecule has 0 saturated heterocycles. The molecular weight excluding hydrogens is 499 g/mol. The zero-order chi connectivity index (χ0) is 27.4. The fraction of sp³-hybridized carbons (Fsp3) is 0.296. The van der Waals surface area contributed by atoms with Gasteiger partial charge in [-0.1, -0.05) is 24.3 Å². The molecule has 2 aromatic rings.